The quantitative estimate of drug-likeness (QED) is 0.599. The summed E-state index contributed by atoms with van der Waals surface area (Å²) in [5, 5.41) is 4.33. The maximum atomic E-state index is 12.5. The Morgan fingerprint density at radius 3 is 2.39 bits per heavy atom. The number of aryl methyl sites for hydroxylation is 2. The van der Waals surface area contributed by atoms with Crippen molar-refractivity contribution < 1.29 is 14.6 Å². The van der Waals surface area contributed by atoms with E-state index in [1.807, 2.05) is 38.1 Å². The van der Waals surface area contributed by atoms with Crippen LogP contribution in [0.1, 0.15) is 16.1 Å². The van der Waals surface area contributed by atoms with Gasteiger partial charge < -0.3 is 15.1 Å². The molecule has 1 saturated heterocycles. The molecule has 0 unspecified atom stereocenters. The molecule has 1 amide bonds. The molecule has 0 bridgehead atoms. The summed E-state index contributed by atoms with van der Waals surface area (Å²) in [5.74, 6) is 0.113. The molecule has 0 atom stereocenters. The molecule has 1 fully saturated rings. The molecule has 0 aliphatic carbocycles. The van der Waals surface area contributed by atoms with Gasteiger partial charge in [-0.1, -0.05) is 30.3 Å². The lowest BCUT2D eigenvalue weighted by Gasteiger charge is -2.29. The largest absolute Gasteiger partial charge is 0.321 e. The monoisotopic (exact) mass is 396 g/mol. The Morgan fingerprint density at radius 2 is 1.68 bits per heavy atom. The van der Waals surface area contributed by atoms with Crippen molar-refractivity contribution in [1.29, 1.82) is 0 Å². The number of carbonyl (C=O) groups is 1. The SMILES string of the molecule is Cc1cccc(C)c1NC(=O)C[NH+]1CC[NH+](Cc2nc3ccccc3s2)CC1. The van der Waals surface area contributed by atoms with Crippen molar-refractivity contribution in [3.05, 3.63) is 58.6 Å². The maximum absolute atomic E-state index is 12.5. The second-order valence-electron chi connectivity index (χ2n) is 7.74. The number of hydrogen-bond donors (Lipinski definition) is 3. The first-order valence-electron chi connectivity index (χ1n) is 9.96. The van der Waals surface area contributed by atoms with E-state index in [2.05, 4.69) is 23.5 Å². The number of anilines is 1. The van der Waals surface area contributed by atoms with Gasteiger partial charge in [-0.2, -0.15) is 0 Å². The number of quaternary nitrogens is 2. The van der Waals surface area contributed by atoms with E-state index >= 15 is 0 Å². The van der Waals surface area contributed by atoms with Gasteiger partial charge in [-0.25, -0.2) is 4.98 Å². The summed E-state index contributed by atoms with van der Waals surface area (Å²) in [6.07, 6.45) is 0. The second kappa shape index (κ2) is 8.39. The Balaban J connectivity index is 1.27. The number of aromatic nitrogens is 1. The van der Waals surface area contributed by atoms with Crippen LogP contribution in [0.2, 0.25) is 0 Å². The average molecular weight is 397 g/mol. The van der Waals surface area contributed by atoms with Gasteiger partial charge >= 0.3 is 0 Å². The standard InChI is InChI=1S/C22H26N4OS/c1-16-6-5-7-17(2)22(16)24-20(27)14-25-10-12-26(13-11-25)15-21-23-18-8-3-4-9-19(18)28-21/h3-9H,10-15H2,1-2H3,(H,24,27)/p+2. The van der Waals surface area contributed by atoms with Crippen LogP contribution in [0.3, 0.4) is 0 Å². The van der Waals surface area contributed by atoms with Crippen LogP contribution in [-0.2, 0) is 11.3 Å². The zero-order valence-electron chi connectivity index (χ0n) is 16.5. The molecule has 5 nitrogen and oxygen atoms in total. The van der Waals surface area contributed by atoms with Crippen molar-refractivity contribution in [3.63, 3.8) is 0 Å². The predicted molar refractivity (Wildman–Crippen MR) is 114 cm³/mol. The van der Waals surface area contributed by atoms with Gasteiger partial charge in [0.05, 0.1) is 10.2 Å². The molecule has 3 N–H and O–H groups in total. The fourth-order valence-corrected chi connectivity index (χ4v) is 4.98. The average Bonchev–Trinajstić information content (AvgIpc) is 3.09. The first-order chi connectivity index (χ1) is 13.6. The number of carbonyl (C=O) groups excluding carboxylic acids is 1. The Morgan fingerprint density at radius 1 is 1.00 bits per heavy atom. The van der Waals surface area contributed by atoms with Gasteiger partial charge in [-0.3, -0.25) is 4.79 Å². The number of nitrogens with one attached hydrogen (secondary N) is 3. The molecule has 4 rings (SSSR count). The number of hydrogen-bond acceptors (Lipinski definition) is 3. The van der Waals surface area contributed by atoms with E-state index in [9.17, 15) is 4.79 Å². The number of para-hydroxylation sites is 2. The normalized spacial score (nSPS) is 19.6. The summed E-state index contributed by atoms with van der Waals surface area (Å²) in [7, 11) is 0. The number of benzene rings is 2. The van der Waals surface area contributed by atoms with Crippen molar-refractivity contribution in [2.45, 2.75) is 20.4 Å². The molecule has 1 aromatic heterocycles. The van der Waals surface area contributed by atoms with Crippen LogP contribution in [0.25, 0.3) is 10.2 Å². The van der Waals surface area contributed by atoms with Gasteiger partial charge in [-0.15, -0.1) is 11.3 Å². The summed E-state index contributed by atoms with van der Waals surface area (Å²) < 4.78 is 1.27. The Kier molecular flexibility index (Phi) is 5.71. The molecule has 0 spiro atoms. The van der Waals surface area contributed by atoms with Gasteiger partial charge in [0.1, 0.15) is 37.7 Å². The van der Waals surface area contributed by atoms with Crippen molar-refractivity contribution in [3.8, 4) is 0 Å². The zero-order valence-corrected chi connectivity index (χ0v) is 17.4. The summed E-state index contributed by atoms with van der Waals surface area (Å²) >= 11 is 1.80. The minimum atomic E-state index is 0.113. The lowest BCUT2D eigenvalue weighted by molar-refractivity contribution is -1.01. The van der Waals surface area contributed by atoms with Crippen LogP contribution in [0.4, 0.5) is 5.69 Å². The van der Waals surface area contributed by atoms with Crippen LogP contribution in [0.5, 0.6) is 0 Å². The first kappa shape index (κ1) is 19.1. The number of amides is 1. The van der Waals surface area contributed by atoms with Crippen molar-refractivity contribution >= 4 is 33.1 Å². The van der Waals surface area contributed by atoms with E-state index in [0.29, 0.717) is 6.54 Å². The molecule has 6 heteroatoms. The number of thiazole rings is 1. The minimum Gasteiger partial charge on any atom is -0.321 e. The van der Waals surface area contributed by atoms with E-state index in [1.165, 1.54) is 14.6 Å². The lowest BCUT2D eigenvalue weighted by Crippen LogP contribution is -3.28. The highest BCUT2D eigenvalue weighted by molar-refractivity contribution is 7.18. The fraction of sp³-hybridized carbons (Fsp3) is 0.364. The third-order valence-corrected chi connectivity index (χ3v) is 6.60. The smallest absolute Gasteiger partial charge is 0.279 e. The van der Waals surface area contributed by atoms with E-state index in [1.54, 1.807) is 16.2 Å². The van der Waals surface area contributed by atoms with Crippen molar-refractivity contribution in [1.82, 2.24) is 4.98 Å². The van der Waals surface area contributed by atoms with Gasteiger partial charge in [0, 0.05) is 5.69 Å². The zero-order chi connectivity index (χ0) is 19.5. The van der Waals surface area contributed by atoms with Crippen LogP contribution >= 0.6 is 11.3 Å². The minimum absolute atomic E-state index is 0.113. The molecule has 0 saturated carbocycles. The third kappa shape index (κ3) is 4.41. The first-order valence-corrected chi connectivity index (χ1v) is 10.8. The molecule has 2 aromatic carbocycles. The van der Waals surface area contributed by atoms with Crippen LogP contribution in [-0.4, -0.2) is 43.6 Å². The molecular weight excluding hydrogens is 368 g/mol. The number of rotatable bonds is 5. The van der Waals surface area contributed by atoms with Gasteiger partial charge in [0.25, 0.3) is 5.91 Å². The Labute approximate surface area is 170 Å². The molecule has 146 valence electrons. The lowest BCUT2D eigenvalue weighted by atomic mass is 10.1. The van der Waals surface area contributed by atoms with Crippen molar-refractivity contribution in [2.75, 3.05) is 38.0 Å². The van der Waals surface area contributed by atoms with E-state index in [0.717, 1.165) is 55.1 Å². The summed E-state index contributed by atoms with van der Waals surface area (Å²) in [5.41, 5.74) is 4.31. The van der Waals surface area contributed by atoms with E-state index in [-0.39, 0.29) is 5.91 Å². The number of fused-ring (bicyclic) bond motifs is 1. The van der Waals surface area contributed by atoms with Crippen LogP contribution < -0.4 is 15.1 Å². The van der Waals surface area contributed by atoms with Gasteiger partial charge in [0.2, 0.25) is 0 Å². The van der Waals surface area contributed by atoms with Gasteiger partial charge in [-0.05, 0) is 37.1 Å². The molecule has 28 heavy (non-hydrogen) atoms. The molecule has 3 aromatic rings. The Bertz CT molecular complexity index is 922. The molecular formula is C22H28N4OS+2. The maximum Gasteiger partial charge on any atom is 0.279 e. The molecule has 2 heterocycles. The molecule has 1 aliphatic rings. The van der Waals surface area contributed by atoms with Crippen LogP contribution in [0.15, 0.2) is 42.5 Å². The van der Waals surface area contributed by atoms with Gasteiger partial charge in [0.15, 0.2) is 6.54 Å². The predicted octanol–water partition coefficient (Wildman–Crippen LogP) is 0.835. The fourth-order valence-electron chi connectivity index (χ4n) is 3.94. The highest BCUT2D eigenvalue weighted by Crippen LogP contribution is 2.21. The van der Waals surface area contributed by atoms with E-state index in [4.69, 9.17) is 4.98 Å². The summed E-state index contributed by atoms with van der Waals surface area (Å²) in [6, 6.07) is 14.5. The molecule has 1 aliphatic heterocycles. The third-order valence-electron chi connectivity index (χ3n) is 5.56. The highest BCUT2D eigenvalue weighted by Gasteiger charge is 2.26. The topological polar surface area (TPSA) is 50.9 Å². The molecule has 0 radical (unpaired) electrons. The number of piperazine rings is 1. The highest BCUT2D eigenvalue weighted by atomic mass is 32.1. The Hall–Kier alpha value is -2.28. The van der Waals surface area contributed by atoms with Crippen molar-refractivity contribution in [2.24, 2.45) is 0 Å². The summed E-state index contributed by atoms with van der Waals surface area (Å²) in [6.45, 7) is 9.84. The number of nitrogens with zero attached hydrogens (tertiary/aromatic N) is 1. The summed E-state index contributed by atoms with van der Waals surface area (Å²) in [4.78, 5) is 20.2. The van der Waals surface area contributed by atoms with Crippen LogP contribution in [0, 0.1) is 13.8 Å². The van der Waals surface area contributed by atoms with E-state index < -0.39 is 0 Å². The second-order valence-corrected chi connectivity index (χ2v) is 8.86.